The number of guanidine groups is 1. The van der Waals surface area contributed by atoms with Crippen LogP contribution in [0.1, 0.15) is 37.2 Å². The van der Waals surface area contributed by atoms with Crippen LogP contribution < -0.4 is 5.73 Å². The van der Waals surface area contributed by atoms with Gasteiger partial charge in [0.25, 0.3) is 0 Å². The van der Waals surface area contributed by atoms with Crippen molar-refractivity contribution in [3.63, 3.8) is 0 Å². The Morgan fingerprint density at radius 3 is 2.70 bits per heavy atom. The van der Waals surface area contributed by atoms with Gasteiger partial charge in [0.05, 0.1) is 10.5 Å². The van der Waals surface area contributed by atoms with Crippen LogP contribution in [0.2, 0.25) is 0 Å². The molecule has 0 amide bonds. The Morgan fingerprint density at radius 2 is 2.10 bits per heavy atom. The van der Waals surface area contributed by atoms with E-state index < -0.39 is 0 Å². The molecule has 20 heavy (non-hydrogen) atoms. The van der Waals surface area contributed by atoms with Crippen molar-refractivity contribution in [1.29, 1.82) is 0 Å². The first-order valence-electron chi connectivity index (χ1n) is 7.05. The van der Waals surface area contributed by atoms with Crippen molar-refractivity contribution in [2.75, 3.05) is 7.05 Å². The molecule has 3 rings (SSSR count). The van der Waals surface area contributed by atoms with Gasteiger partial charge >= 0.3 is 0 Å². The zero-order valence-corrected chi connectivity index (χ0v) is 13.1. The Balaban J connectivity index is 1.58. The van der Waals surface area contributed by atoms with Crippen molar-refractivity contribution >= 4 is 21.9 Å². The van der Waals surface area contributed by atoms with Crippen LogP contribution >= 0.6 is 15.9 Å². The van der Waals surface area contributed by atoms with E-state index in [-0.39, 0.29) is 5.82 Å². The van der Waals surface area contributed by atoms with E-state index in [1.165, 1.54) is 24.5 Å². The number of rotatable bonds is 3. The van der Waals surface area contributed by atoms with Gasteiger partial charge in [-0.1, -0.05) is 6.07 Å². The minimum atomic E-state index is -0.210. The van der Waals surface area contributed by atoms with E-state index in [9.17, 15) is 4.39 Å². The summed E-state index contributed by atoms with van der Waals surface area (Å²) >= 11 is 3.24. The minimum absolute atomic E-state index is 0.210. The summed E-state index contributed by atoms with van der Waals surface area (Å²) in [5.41, 5.74) is 7.19. The summed E-state index contributed by atoms with van der Waals surface area (Å²) in [6, 6.07) is 6.17. The molecule has 2 saturated carbocycles. The van der Waals surface area contributed by atoms with Gasteiger partial charge in [0, 0.05) is 13.1 Å². The molecule has 0 atom stereocenters. The first-order chi connectivity index (χ1) is 9.54. The number of halogens is 2. The molecule has 1 aromatic rings. The van der Waals surface area contributed by atoms with Crippen LogP contribution in [0.15, 0.2) is 27.7 Å². The van der Waals surface area contributed by atoms with Gasteiger partial charge in [-0.05, 0) is 65.2 Å². The van der Waals surface area contributed by atoms with Crippen LogP contribution in [0.25, 0.3) is 0 Å². The van der Waals surface area contributed by atoms with Crippen LogP contribution in [0, 0.1) is 5.82 Å². The molecule has 0 aromatic heterocycles. The molecule has 0 bridgehead atoms. The zero-order chi connectivity index (χ0) is 14.3. The molecule has 2 fully saturated rings. The minimum Gasteiger partial charge on any atom is -0.370 e. The Hall–Kier alpha value is -1.10. The maximum atomic E-state index is 13.2. The highest BCUT2D eigenvalue weighted by Crippen LogP contribution is 2.40. The van der Waals surface area contributed by atoms with Crippen LogP contribution in [-0.2, 0) is 0 Å². The molecule has 0 unspecified atom stereocenters. The highest BCUT2D eigenvalue weighted by Gasteiger charge is 2.32. The molecule has 2 aliphatic carbocycles. The lowest BCUT2D eigenvalue weighted by molar-refractivity contribution is 0.347. The molecule has 0 spiro atoms. The number of hydrogen-bond acceptors (Lipinski definition) is 1. The number of hydrogen-bond donors (Lipinski definition) is 1. The van der Waals surface area contributed by atoms with Gasteiger partial charge in [-0.3, -0.25) is 0 Å². The predicted octanol–water partition coefficient (Wildman–Crippen LogP) is 3.24. The summed E-state index contributed by atoms with van der Waals surface area (Å²) in [5.74, 6) is 0.925. The van der Waals surface area contributed by atoms with Gasteiger partial charge < -0.3 is 10.6 Å². The predicted molar refractivity (Wildman–Crippen MR) is 82.3 cm³/mol. The standard InChI is InChI=1S/C15H19BrFN3/c1-20(12-3-4-12)15(18)19-11-6-10(7-11)9-2-5-14(17)13(16)8-9/h2,5,8,10-12H,3-4,6-7H2,1H3,(H2,18,19). The number of nitrogens with two attached hydrogens (primary N) is 1. The molecule has 0 radical (unpaired) electrons. The molecular formula is C15H19BrFN3. The van der Waals surface area contributed by atoms with E-state index >= 15 is 0 Å². The lowest BCUT2D eigenvalue weighted by Gasteiger charge is -2.34. The smallest absolute Gasteiger partial charge is 0.191 e. The van der Waals surface area contributed by atoms with Gasteiger partial charge in [-0.25, -0.2) is 9.38 Å². The van der Waals surface area contributed by atoms with Crippen LogP contribution in [0.5, 0.6) is 0 Å². The molecule has 3 nitrogen and oxygen atoms in total. The fourth-order valence-electron chi connectivity index (χ4n) is 2.66. The zero-order valence-electron chi connectivity index (χ0n) is 11.5. The van der Waals surface area contributed by atoms with E-state index in [1.807, 2.05) is 19.2 Å². The summed E-state index contributed by atoms with van der Waals surface area (Å²) in [4.78, 5) is 6.68. The fraction of sp³-hybridized carbons (Fsp3) is 0.533. The summed E-state index contributed by atoms with van der Waals surface area (Å²) in [6.45, 7) is 0. The fourth-order valence-corrected chi connectivity index (χ4v) is 3.06. The second-order valence-electron chi connectivity index (χ2n) is 5.83. The van der Waals surface area contributed by atoms with Crippen LogP contribution in [-0.4, -0.2) is 30.0 Å². The average Bonchev–Trinajstić information content (AvgIpc) is 3.20. The van der Waals surface area contributed by atoms with Gasteiger partial charge in [-0.15, -0.1) is 0 Å². The highest BCUT2D eigenvalue weighted by atomic mass is 79.9. The number of benzene rings is 1. The van der Waals surface area contributed by atoms with Gasteiger partial charge in [0.1, 0.15) is 5.82 Å². The van der Waals surface area contributed by atoms with E-state index in [0.29, 0.717) is 28.4 Å². The Kier molecular flexibility index (Phi) is 3.71. The molecule has 5 heteroatoms. The molecule has 108 valence electrons. The molecule has 0 aliphatic heterocycles. The van der Waals surface area contributed by atoms with Crippen LogP contribution in [0.4, 0.5) is 4.39 Å². The van der Waals surface area contributed by atoms with E-state index in [4.69, 9.17) is 5.73 Å². The van der Waals surface area contributed by atoms with Gasteiger partial charge in [0.15, 0.2) is 5.96 Å². The first-order valence-corrected chi connectivity index (χ1v) is 7.85. The van der Waals surface area contributed by atoms with Crippen molar-refractivity contribution in [3.8, 4) is 0 Å². The van der Waals surface area contributed by atoms with Gasteiger partial charge in [-0.2, -0.15) is 0 Å². The molecule has 0 saturated heterocycles. The third-order valence-electron chi connectivity index (χ3n) is 4.30. The largest absolute Gasteiger partial charge is 0.370 e. The summed E-state index contributed by atoms with van der Waals surface area (Å²) < 4.78 is 13.7. The lowest BCUT2D eigenvalue weighted by Crippen LogP contribution is -2.38. The second-order valence-corrected chi connectivity index (χ2v) is 6.68. The number of aliphatic imine (C=N–C) groups is 1. The van der Waals surface area contributed by atoms with E-state index in [0.717, 1.165) is 12.8 Å². The van der Waals surface area contributed by atoms with Crippen molar-refractivity contribution in [3.05, 3.63) is 34.1 Å². The number of nitrogens with zero attached hydrogens (tertiary/aromatic N) is 2. The highest BCUT2D eigenvalue weighted by molar-refractivity contribution is 9.10. The maximum Gasteiger partial charge on any atom is 0.191 e. The Labute approximate surface area is 127 Å². The summed E-state index contributed by atoms with van der Waals surface area (Å²) in [6.07, 6.45) is 4.45. The van der Waals surface area contributed by atoms with Crippen molar-refractivity contribution in [2.45, 2.75) is 43.7 Å². The van der Waals surface area contributed by atoms with Crippen molar-refractivity contribution < 1.29 is 4.39 Å². The molecule has 0 heterocycles. The normalized spacial score (nSPS) is 26.2. The third kappa shape index (κ3) is 2.82. The molecule has 1 aromatic carbocycles. The van der Waals surface area contributed by atoms with Crippen molar-refractivity contribution in [1.82, 2.24) is 4.90 Å². The third-order valence-corrected chi connectivity index (χ3v) is 4.91. The topological polar surface area (TPSA) is 41.6 Å². The quantitative estimate of drug-likeness (QED) is 0.678. The SMILES string of the molecule is CN(C(N)=NC1CC(c2ccc(F)c(Br)c2)C1)C1CC1. The van der Waals surface area contributed by atoms with Crippen molar-refractivity contribution in [2.24, 2.45) is 10.7 Å². The first kappa shape index (κ1) is 13.9. The maximum absolute atomic E-state index is 13.2. The second kappa shape index (κ2) is 5.35. The summed E-state index contributed by atoms with van der Waals surface area (Å²) in [5, 5.41) is 0. The molecular weight excluding hydrogens is 321 g/mol. The van der Waals surface area contributed by atoms with Gasteiger partial charge in [0.2, 0.25) is 0 Å². The monoisotopic (exact) mass is 339 g/mol. The average molecular weight is 340 g/mol. The summed E-state index contributed by atoms with van der Waals surface area (Å²) in [7, 11) is 2.02. The molecule has 2 N–H and O–H groups in total. The van der Waals surface area contributed by atoms with Crippen LogP contribution in [0.3, 0.4) is 0 Å². The van der Waals surface area contributed by atoms with E-state index in [1.54, 1.807) is 0 Å². The molecule has 2 aliphatic rings. The lowest BCUT2D eigenvalue weighted by atomic mass is 9.76. The Morgan fingerprint density at radius 1 is 1.40 bits per heavy atom. The van der Waals surface area contributed by atoms with E-state index in [2.05, 4.69) is 25.8 Å². The Bertz CT molecular complexity index is 536.